The van der Waals surface area contributed by atoms with E-state index in [2.05, 4.69) is 29.6 Å². The van der Waals surface area contributed by atoms with Gasteiger partial charge in [-0.25, -0.2) is 9.78 Å². The highest BCUT2D eigenvalue weighted by atomic mass is 28.3. The first-order valence-electron chi connectivity index (χ1n) is 8.01. The number of hydrogen-bond donors (Lipinski definition) is 2. The van der Waals surface area contributed by atoms with Crippen LogP contribution in [0, 0.1) is 0 Å². The average molecular weight is 363 g/mol. The topological polar surface area (TPSA) is 84.4 Å². The fraction of sp³-hybridized carbons (Fsp3) is 0.333. The number of nitrogens with zero attached hydrogens (tertiary/aromatic N) is 1. The molecule has 0 spiro atoms. The van der Waals surface area contributed by atoms with Gasteiger partial charge in [0.25, 0.3) is 0 Å². The fourth-order valence-corrected chi connectivity index (χ4v) is 2.36. The second-order valence-corrected chi connectivity index (χ2v) is 12.1. The third kappa shape index (κ3) is 11.7. The SMILES string of the molecule is C[Si](C)(C)CCOCOc1ccc(/C=C/C(=O)O)cc1.c1c[nH]cn1. The summed E-state index contributed by atoms with van der Waals surface area (Å²) < 4.78 is 10.9. The zero-order chi connectivity index (χ0) is 18.5. The van der Waals surface area contributed by atoms with Crippen molar-refractivity contribution in [2.75, 3.05) is 13.4 Å². The van der Waals surface area contributed by atoms with Crippen LogP contribution in [0.2, 0.25) is 25.7 Å². The lowest BCUT2D eigenvalue weighted by Gasteiger charge is -2.15. The maximum absolute atomic E-state index is 10.4. The summed E-state index contributed by atoms with van der Waals surface area (Å²) in [6.45, 7) is 7.89. The Labute approximate surface area is 149 Å². The number of carboxylic acids is 1. The summed E-state index contributed by atoms with van der Waals surface area (Å²) in [7, 11) is -1.05. The molecular formula is C18H26N2O4Si. The summed E-state index contributed by atoms with van der Waals surface area (Å²) in [5.41, 5.74) is 0.819. The minimum absolute atomic E-state index is 0.245. The van der Waals surface area contributed by atoms with E-state index in [1.165, 1.54) is 6.08 Å². The number of rotatable bonds is 8. The normalized spacial score (nSPS) is 11.0. The van der Waals surface area contributed by atoms with Gasteiger partial charge < -0.3 is 19.6 Å². The number of aromatic amines is 1. The van der Waals surface area contributed by atoms with Crippen LogP contribution in [0.5, 0.6) is 5.75 Å². The summed E-state index contributed by atoms with van der Waals surface area (Å²) in [5.74, 6) is -0.244. The minimum atomic E-state index is -1.05. The van der Waals surface area contributed by atoms with Crippen LogP contribution in [0.1, 0.15) is 5.56 Å². The van der Waals surface area contributed by atoms with Crippen molar-refractivity contribution in [1.29, 1.82) is 0 Å². The number of ether oxygens (including phenoxy) is 2. The Morgan fingerprint density at radius 1 is 1.28 bits per heavy atom. The Balaban J connectivity index is 0.000000531. The van der Waals surface area contributed by atoms with Gasteiger partial charge in [0.05, 0.1) is 6.33 Å². The number of carboxylic acid groups (broad SMARTS) is 1. The molecule has 0 aliphatic heterocycles. The molecule has 1 aromatic heterocycles. The number of benzene rings is 1. The van der Waals surface area contributed by atoms with Gasteiger partial charge in [-0.3, -0.25) is 0 Å². The Bertz CT molecular complexity index is 602. The van der Waals surface area contributed by atoms with E-state index < -0.39 is 14.0 Å². The van der Waals surface area contributed by atoms with Crippen LogP contribution in [0.25, 0.3) is 6.08 Å². The fourth-order valence-electron chi connectivity index (χ4n) is 1.60. The number of H-pyrrole nitrogens is 1. The van der Waals surface area contributed by atoms with Gasteiger partial charge in [-0.05, 0) is 29.8 Å². The molecule has 2 rings (SSSR count). The van der Waals surface area contributed by atoms with Gasteiger partial charge >= 0.3 is 5.97 Å². The number of aromatic nitrogens is 2. The van der Waals surface area contributed by atoms with Crippen molar-refractivity contribution in [3.8, 4) is 5.75 Å². The van der Waals surface area contributed by atoms with Gasteiger partial charge in [-0.1, -0.05) is 31.8 Å². The van der Waals surface area contributed by atoms with Crippen molar-refractivity contribution in [1.82, 2.24) is 9.97 Å². The monoisotopic (exact) mass is 362 g/mol. The van der Waals surface area contributed by atoms with E-state index in [0.717, 1.165) is 24.3 Å². The highest BCUT2D eigenvalue weighted by Crippen LogP contribution is 2.13. The Kier molecular flexibility index (Phi) is 9.27. The van der Waals surface area contributed by atoms with Crippen LogP contribution < -0.4 is 4.74 Å². The molecule has 0 bridgehead atoms. The maximum Gasteiger partial charge on any atom is 0.328 e. The highest BCUT2D eigenvalue weighted by Gasteiger charge is 2.11. The maximum atomic E-state index is 10.4. The van der Waals surface area contributed by atoms with Crippen LogP contribution in [0.4, 0.5) is 0 Å². The van der Waals surface area contributed by atoms with E-state index in [1.54, 1.807) is 43.0 Å². The van der Waals surface area contributed by atoms with Gasteiger partial charge in [0.2, 0.25) is 0 Å². The molecule has 0 unspecified atom stereocenters. The quantitative estimate of drug-likeness (QED) is 0.322. The summed E-state index contributed by atoms with van der Waals surface area (Å²) in [6.07, 6.45) is 7.73. The van der Waals surface area contributed by atoms with E-state index in [9.17, 15) is 4.79 Å². The Hall–Kier alpha value is -2.38. The van der Waals surface area contributed by atoms with Gasteiger partial charge in [-0.2, -0.15) is 0 Å². The van der Waals surface area contributed by atoms with Crippen molar-refractivity contribution in [2.24, 2.45) is 0 Å². The van der Waals surface area contributed by atoms with Crippen LogP contribution in [-0.2, 0) is 9.53 Å². The largest absolute Gasteiger partial charge is 0.478 e. The molecule has 0 radical (unpaired) electrons. The van der Waals surface area contributed by atoms with Crippen LogP contribution in [0.15, 0.2) is 49.1 Å². The number of aliphatic carboxylic acids is 1. The molecule has 0 saturated heterocycles. The summed E-state index contributed by atoms with van der Waals surface area (Å²) in [4.78, 5) is 16.8. The van der Waals surface area contributed by atoms with Crippen molar-refractivity contribution >= 4 is 20.1 Å². The van der Waals surface area contributed by atoms with E-state index >= 15 is 0 Å². The third-order valence-electron chi connectivity index (χ3n) is 3.01. The third-order valence-corrected chi connectivity index (χ3v) is 4.71. The highest BCUT2D eigenvalue weighted by molar-refractivity contribution is 6.76. The lowest BCUT2D eigenvalue weighted by Crippen LogP contribution is -2.22. The molecule has 1 aromatic carbocycles. The number of hydrogen-bond acceptors (Lipinski definition) is 4. The van der Waals surface area contributed by atoms with Crippen LogP contribution >= 0.6 is 0 Å². The van der Waals surface area contributed by atoms with Gasteiger partial charge in [0.1, 0.15) is 5.75 Å². The molecule has 136 valence electrons. The zero-order valence-corrected chi connectivity index (χ0v) is 15.9. The lowest BCUT2D eigenvalue weighted by atomic mass is 10.2. The second kappa shape index (κ2) is 11.2. The molecule has 0 saturated carbocycles. The Morgan fingerprint density at radius 3 is 2.48 bits per heavy atom. The first-order valence-corrected chi connectivity index (χ1v) is 11.7. The van der Waals surface area contributed by atoms with Crippen LogP contribution in [0.3, 0.4) is 0 Å². The van der Waals surface area contributed by atoms with E-state index in [0.29, 0.717) is 5.75 Å². The standard InChI is InChI=1S/C15H22O4Si.C3H4N2/c1-20(2,3)11-10-18-12-19-14-7-4-13(5-8-14)6-9-15(16)17;1-2-5-3-4-1/h4-9H,10-12H2,1-3H3,(H,16,17);1-3H,(H,4,5)/b9-6+;. The molecule has 7 heteroatoms. The predicted molar refractivity (Wildman–Crippen MR) is 101 cm³/mol. The van der Waals surface area contributed by atoms with Gasteiger partial charge in [-0.15, -0.1) is 0 Å². The molecular weight excluding hydrogens is 336 g/mol. The number of imidazole rings is 1. The average Bonchev–Trinajstić information content (AvgIpc) is 3.12. The van der Waals surface area contributed by atoms with Crippen LogP contribution in [-0.4, -0.2) is 42.5 Å². The summed E-state index contributed by atoms with van der Waals surface area (Å²) >= 11 is 0. The molecule has 1 heterocycles. The molecule has 2 aromatic rings. The molecule has 25 heavy (non-hydrogen) atoms. The first-order chi connectivity index (χ1) is 11.9. The minimum Gasteiger partial charge on any atom is -0.478 e. The van der Waals surface area contributed by atoms with Crippen molar-refractivity contribution in [2.45, 2.75) is 25.7 Å². The smallest absolute Gasteiger partial charge is 0.328 e. The molecule has 0 aliphatic rings. The second-order valence-electron chi connectivity index (χ2n) is 6.48. The first kappa shape index (κ1) is 20.7. The van der Waals surface area contributed by atoms with E-state index in [-0.39, 0.29) is 6.79 Å². The summed E-state index contributed by atoms with van der Waals surface area (Å²) in [5, 5.41) is 8.53. The molecule has 0 fully saturated rings. The van der Waals surface area contributed by atoms with Crippen molar-refractivity contribution in [3.63, 3.8) is 0 Å². The van der Waals surface area contributed by atoms with Crippen molar-refractivity contribution in [3.05, 3.63) is 54.6 Å². The zero-order valence-electron chi connectivity index (χ0n) is 14.9. The predicted octanol–water partition coefficient (Wildman–Crippen LogP) is 3.89. The van der Waals surface area contributed by atoms with Gasteiger partial charge in [0, 0.05) is 33.2 Å². The molecule has 2 N–H and O–H groups in total. The molecule has 0 aliphatic carbocycles. The molecule has 6 nitrogen and oxygen atoms in total. The van der Waals surface area contributed by atoms with E-state index in [1.807, 2.05) is 0 Å². The Morgan fingerprint density at radius 2 is 2.00 bits per heavy atom. The number of nitrogens with one attached hydrogen (secondary N) is 1. The lowest BCUT2D eigenvalue weighted by molar-refractivity contribution is -0.131. The number of carbonyl (C=O) groups is 1. The summed E-state index contributed by atoms with van der Waals surface area (Å²) in [6, 6.07) is 8.32. The molecule has 0 amide bonds. The van der Waals surface area contributed by atoms with Crippen molar-refractivity contribution < 1.29 is 19.4 Å². The van der Waals surface area contributed by atoms with Gasteiger partial charge in [0.15, 0.2) is 6.79 Å². The molecule has 0 atom stereocenters. The van der Waals surface area contributed by atoms with E-state index in [4.69, 9.17) is 14.6 Å².